The lowest BCUT2D eigenvalue weighted by Crippen LogP contribution is -2.30. The molecule has 1 aliphatic rings. The Kier molecular flexibility index (Phi) is 2.87. The molecule has 0 aromatic heterocycles. The van der Waals surface area contributed by atoms with Crippen LogP contribution >= 0.6 is 11.6 Å². The van der Waals surface area contributed by atoms with E-state index in [1.807, 2.05) is 18.2 Å². The van der Waals surface area contributed by atoms with Crippen LogP contribution in [0.3, 0.4) is 0 Å². The van der Waals surface area contributed by atoms with Crippen LogP contribution in [0.4, 0.5) is 0 Å². The molecule has 0 amide bonds. The first kappa shape index (κ1) is 10.8. The van der Waals surface area contributed by atoms with Crippen molar-refractivity contribution < 1.29 is 0 Å². The van der Waals surface area contributed by atoms with E-state index in [0.29, 0.717) is 0 Å². The fraction of sp³-hybridized carbons (Fsp3) is 0.200. The minimum absolute atomic E-state index is 0.230. The predicted octanol–water partition coefficient (Wildman–Crippen LogP) is 3.58. The summed E-state index contributed by atoms with van der Waals surface area (Å²) in [5.41, 5.74) is 3.95. The van der Waals surface area contributed by atoms with Crippen molar-refractivity contribution in [1.29, 1.82) is 0 Å². The van der Waals surface area contributed by atoms with Crippen molar-refractivity contribution in [1.82, 2.24) is 5.32 Å². The molecule has 1 heterocycles. The van der Waals surface area contributed by atoms with Crippen LogP contribution in [0, 0.1) is 0 Å². The molecule has 0 aliphatic carbocycles. The van der Waals surface area contributed by atoms with Gasteiger partial charge in [0.05, 0.1) is 6.04 Å². The van der Waals surface area contributed by atoms with Crippen LogP contribution in [0.1, 0.15) is 22.7 Å². The quantitative estimate of drug-likeness (QED) is 0.808. The summed E-state index contributed by atoms with van der Waals surface area (Å²) in [6.45, 7) is 1.01. The molecular formula is C15H14ClN. The summed E-state index contributed by atoms with van der Waals surface area (Å²) in [6, 6.07) is 16.9. The summed E-state index contributed by atoms with van der Waals surface area (Å²) < 4.78 is 0. The minimum atomic E-state index is 0.230. The Bertz CT molecular complexity index is 536. The van der Waals surface area contributed by atoms with Crippen molar-refractivity contribution in [3.8, 4) is 0 Å². The molecule has 0 unspecified atom stereocenters. The highest BCUT2D eigenvalue weighted by Crippen LogP contribution is 2.32. The molecule has 1 nitrogen and oxygen atoms in total. The largest absolute Gasteiger partial charge is 0.306 e. The van der Waals surface area contributed by atoms with Gasteiger partial charge in [-0.1, -0.05) is 54.1 Å². The summed E-state index contributed by atoms with van der Waals surface area (Å²) in [5, 5.41) is 4.38. The van der Waals surface area contributed by atoms with Crippen molar-refractivity contribution in [2.24, 2.45) is 0 Å². The molecule has 1 atom stereocenters. The number of hydrogen-bond donors (Lipinski definition) is 1. The third-order valence-corrected chi connectivity index (χ3v) is 3.67. The molecule has 86 valence electrons. The molecular weight excluding hydrogens is 230 g/mol. The Morgan fingerprint density at radius 3 is 2.47 bits per heavy atom. The SMILES string of the molecule is Clc1ccccc1[C@@H]1NCCc2ccccc21. The molecule has 1 N–H and O–H groups in total. The van der Waals surface area contributed by atoms with E-state index in [4.69, 9.17) is 11.6 Å². The topological polar surface area (TPSA) is 12.0 Å². The maximum Gasteiger partial charge on any atom is 0.0594 e. The highest BCUT2D eigenvalue weighted by molar-refractivity contribution is 6.31. The van der Waals surface area contributed by atoms with Gasteiger partial charge in [-0.25, -0.2) is 0 Å². The second-order valence-electron chi connectivity index (χ2n) is 4.36. The molecule has 2 aromatic rings. The first-order valence-corrected chi connectivity index (χ1v) is 6.29. The van der Waals surface area contributed by atoms with E-state index in [1.54, 1.807) is 0 Å². The minimum Gasteiger partial charge on any atom is -0.306 e. The van der Waals surface area contributed by atoms with Crippen LogP contribution in [-0.2, 0) is 6.42 Å². The van der Waals surface area contributed by atoms with Crippen LogP contribution in [0.5, 0.6) is 0 Å². The molecule has 2 heteroatoms. The molecule has 0 radical (unpaired) electrons. The molecule has 2 aromatic carbocycles. The standard InChI is InChI=1S/C15H14ClN/c16-14-8-4-3-7-13(14)15-12-6-2-1-5-11(12)9-10-17-15/h1-8,15,17H,9-10H2/t15-/m1/s1. The van der Waals surface area contributed by atoms with Gasteiger partial charge in [0.1, 0.15) is 0 Å². The summed E-state index contributed by atoms with van der Waals surface area (Å²) in [5.74, 6) is 0. The van der Waals surface area contributed by atoms with Crippen molar-refractivity contribution in [2.45, 2.75) is 12.5 Å². The molecule has 0 spiro atoms. The van der Waals surface area contributed by atoms with E-state index in [9.17, 15) is 0 Å². The van der Waals surface area contributed by atoms with Crippen LogP contribution < -0.4 is 5.32 Å². The number of rotatable bonds is 1. The Hall–Kier alpha value is -1.31. The van der Waals surface area contributed by atoms with E-state index in [1.165, 1.54) is 16.7 Å². The number of benzene rings is 2. The van der Waals surface area contributed by atoms with E-state index in [-0.39, 0.29) is 6.04 Å². The molecule has 1 aliphatic heterocycles. The normalized spacial score (nSPS) is 18.8. The van der Waals surface area contributed by atoms with Crippen LogP contribution in [0.25, 0.3) is 0 Å². The van der Waals surface area contributed by atoms with Crippen molar-refractivity contribution >= 4 is 11.6 Å². The van der Waals surface area contributed by atoms with Gasteiger partial charge < -0.3 is 5.32 Å². The zero-order chi connectivity index (χ0) is 11.7. The lowest BCUT2D eigenvalue weighted by atomic mass is 9.90. The lowest BCUT2D eigenvalue weighted by Gasteiger charge is -2.27. The maximum atomic E-state index is 6.28. The van der Waals surface area contributed by atoms with Crippen molar-refractivity contribution in [2.75, 3.05) is 6.54 Å². The maximum absolute atomic E-state index is 6.28. The van der Waals surface area contributed by atoms with E-state index >= 15 is 0 Å². The molecule has 0 fully saturated rings. The van der Waals surface area contributed by atoms with Gasteiger partial charge in [0.2, 0.25) is 0 Å². The molecule has 3 rings (SSSR count). The summed E-state index contributed by atoms with van der Waals surface area (Å²) in [4.78, 5) is 0. The van der Waals surface area contributed by atoms with E-state index in [0.717, 1.165) is 18.0 Å². The van der Waals surface area contributed by atoms with Crippen molar-refractivity contribution in [3.63, 3.8) is 0 Å². The Morgan fingerprint density at radius 2 is 1.65 bits per heavy atom. The number of nitrogens with one attached hydrogen (secondary N) is 1. The number of fused-ring (bicyclic) bond motifs is 1. The summed E-state index contributed by atoms with van der Waals surface area (Å²) in [6.07, 6.45) is 1.09. The van der Waals surface area contributed by atoms with Gasteiger partial charge in [0.15, 0.2) is 0 Å². The van der Waals surface area contributed by atoms with Gasteiger partial charge in [0.25, 0.3) is 0 Å². The predicted molar refractivity (Wildman–Crippen MR) is 71.4 cm³/mol. The van der Waals surface area contributed by atoms with Gasteiger partial charge in [-0.05, 0) is 29.2 Å². The van der Waals surface area contributed by atoms with E-state index < -0.39 is 0 Å². The third kappa shape index (κ3) is 1.97. The first-order chi connectivity index (χ1) is 8.36. The Balaban J connectivity index is 2.09. The summed E-state index contributed by atoms with van der Waals surface area (Å²) >= 11 is 6.28. The number of hydrogen-bond acceptors (Lipinski definition) is 1. The second kappa shape index (κ2) is 4.52. The highest BCUT2D eigenvalue weighted by Gasteiger charge is 2.21. The highest BCUT2D eigenvalue weighted by atomic mass is 35.5. The smallest absolute Gasteiger partial charge is 0.0594 e. The van der Waals surface area contributed by atoms with Crippen molar-refractivity contribution in [3.05, 3.63) is 70.2 Å². The lowest BCUT2D eigenvalue weighted by molar-refractivity contribution is 0.568. The zero-order valence-electron chi connectivity index (χ0n) is 9.49. The Labute approximate surface area is 106 Å². The molecule has 0 saturated carbocycles. The fourth-order valence-electron chi connectivity index (χ4n) is 2.49. The van der Waals surface area contributed by atoms with Gasteiger partial charge in [-0.15, -0.1) is 0 Å². The third-order valence-electron chi connectivity index (χ3n) is 3.33. The second-order valence-corrected chi connectivity index (χ2v) is 4.76. The monoisotopic (exact) mass is 243 g/mol. The Morgan fingerprint density at radius 1 is 0.941 bits per heavy atom. The molecule has 0 saturated heterocycles. The van der Waals surface area contributed by atoms with E-state index in [2.05, 4.69) is 35.6 Å². The fourth-order valence-corrected chi connectivity index (χ4v) is 2.74. The first-order valence-electron chi connectivity index (χ1n) is 5.92. The van der Waals surface area contributed by atoms with Gasteiger partial charge >= 0.3 is 0 Å². The van der Waals surface area contributed by atoms with Crippen LogP contribution in [0.2, 0.25) is 5.02 Å². The number of halogens is 1. The van der Waals surface area contributed by atoms with Gasteiger partial charge in [-0.3, -0.25) is 0 Å². The average molecular weight is 244 g/mol. The zero-order valence-corrected chi connectivity index (χ0v) is 10.2. The molecule has 17 heavy (non-hydrogen) atoms. The van der Waals surface area contributed by atoms with Crippen LogP contribution in [0.15, 0.2) is 48.5 Å². The van der Waals surface area contributed by atoms with Gasteiger partial charge in [-0.2, -0.15) is 0 Å². The average Bonchev–Trinajstić information content (AvgIpc) is 2.39. The van der Waals surface area contributed by atoms with Crippen LogP contribution in [-0.4, -0.2) is 6.54 Å². The molecule has 0 bridgehead atoms. The van der Waals surface area contributed by atoms with Gasteiger partial charge in [0, 0.05) is 11.6 Å². The summed E-state index contributed by atoms with van der Waals surface area (Å²) in [7, 11) is 0.